The predicted octanol–water partition coefficient (Wildman–Crippen LogP) is 5.34. The molecule has 1 N–H and O–H groups in total. The van der Waals surface area contributed by atoms with Crippen LogP contribution in [-0.4, -0.2) is 38.6 Å². The maximum absolute atomic E-state index is 12.7. The Balaban J connectivity index is 1.29. The molecule has 6 nitrogen and oxygen atoms in total. The molecule has 2 aromatic heterocycles. The molecular weight excluding hydrogens is 386 g/mol. The number of hydrogen-bond acceptors (Lipinski definition) is 3. The van der Waals surface area contributed by atoms with Crippen LogP contribution in [-0.2, 0) is 6.42 Å². The first-order valence-electron chi connectivity index (χ1n) is 11.6. The molecule has 0 spiro atoms. The minimum atomic E-state index is -0.0119. The van der Waals surface area contributed by atoms with Gasteiger partial charge >= 0.3 is 6.03 Å². The normalized spacial score (nSPS) is 18.0. The van der Waals surface area contributed by atoms with Gasteiger partial charge in [0.15, 0.2) is 5.65 Å². The van der Waals surface area contributed by atoms with Gasteiger partial charge in [0.2, 0.25) is 0 Å². The lowest BCUT2D eigenvalue weighted by Gasteiger charge is -2.33. The Morgan fingerprint density at radius 1 is 1.06 bits per heavy atom. The summed E-state index contributed by atoms with van der Waals surface area (Å²) in [6.07, 6.45) is 10.1. The van der Waals surface area contributed by atoms with Crippen LogP contribution >= 0.6 is 0 Å². The summed E-state index contributed by atoms with van der Waals surface area (Å²) in [5, 5.41) is 3.03. The molecule has 5 rings (SSSR count). The third kappa shape index (κ3) is 4.29. The van der Waals surface area contributed by atoms with Gasteiger partial charge < -0.3 is 14.8 Å². The van der Waals surface area contributed by atoms with Gasteiger partial charge in [0, 0.05) is 37.4 Å². The zero-order valence-electron chi connectivity index (χ0n) is 18.3. The van der Waals surface area contributed by atoms with E-state index in [1.54, 1.807) is 0 Å². The summed E-state index contributed by atoms with van der Waals surface area (Å²) in [6.45, 7) is 3.54. The molecule has 2 fully saturated rings. The number of carbonyl (C=O) groups excluding carboxylic acids is 1. The van der Waals surface area contributed by atoms with Crippen molar-refractivity contribution in [2.24, 2.45) is 5.92 Å². The molecule has 1 aliphatic carbocycles. The molecule has 3 heterocycles. The van der Waals surface area contributed by atoms with Gasteiger partial charge in [0.1, 0.15) is 11.3 Å². The van der Waals surface area contributed by atoms with Crippen LogP contribution in [0, 0.1) is 12.8 Å². The van der Waals surface area contributed by atoms with Crippen molar-refractivity contribution in [3.8, 4) is 0 Å². The van der Waals surface area contributed by atoms with Crippen LogP contribution in [0.15, 0.2) is 42.6 Å². The summed E-state index contributed by atoms with van der Waals surface area (Å²) < 4.78 is 2.39. The Morgan fingerprint density at radius 3 is 2.55 bits per heavy atom. The van der Waals surface area contributed by atoms with Crippen molar-refractivity contribution in [2.75, 3.05) is 18.4 Å². The second-order valence-electron chi connectivity index (χ2n) is 9.11. The van der Waals surface area contributed by atoms with Gasteiger partial charge in [-0.1, -0.05) is 43.4 Å². The number of fused-ring (bicyclic) bond motifs is 1. The van der Waals surface area contributed by atoms with Crippen LogP contribution in [0.5, 0.6) is 0 Å². The van der Waals surface area contributed by atoms with E-state index in [4.69, 9.17) is 4.98 Å². The number of rotatable bonds is 4. The van der Waals surface area contributed by atoms with Gasteiger partial charge in [-0.15, -0.1) is 0 Å². The van der Waals surface area contributed by atoms with Crippen molar-refractivity contribution in [3.63, 3.8) is 0 Å². The monoisotopic (exact) mass is 417 g/mol. The molecule has 1 saturated carbocycles. The average Bonchev–Trinajstić information content (AvgIpc) is 3.43. The lowest BCUT2D eigenvalue weighted by atomic mass is 10.0. The lowest BCUT2D eigenvalue weighted by Crippen LogP contribution is -2.41. The van der Waals surface area contributed by atoms with Crippen molar-refractivity contribution < 1.29 is 4.79 Å². The molecule has 0 unspecified atom stereocenters. The van der Waals surface area contributed by atoms with Crippen LogP contribution in [0.3, 0.4) is 0 Å². The summed E-state index contributed by atoms with van der Waals surface area (Å²) in [6, 6.07) is 12.3. The van der Waals surface area contributed by atoms with E-state index in [0.717, 1.165) is 55.1 Å². The highest BCUT2D eigenvalue weighted by Crippen LogP contribution is 2.32. The zero-order valence-corrected chi connectivity index (χ0v) is 18.3. The van der Waals surface area contributed by atoms with Gasteiger partial charge in [0.25, 0.3) is 0 Å². The summed E-state index contributed by atoms with van der Waals surface area (Å²) in [7, 11) is 0. The second-order valence-corrected chi connectivity index (χ2v) is 9.11. The van der Waals surface area contributed by atoms with E-state index in [1.165, 1.54) is 37.1 Å². The number of piperidine rings is 1. The molecule has 3 aromatic rings. The average molecular weight is 418 g/mol. The zero-order chi connectivity index (χ0) is 21.2. The number of carbonyl (C=O) groups is 1. The summed E-state index contributed by atoms with van der Waals surface area (Å²) in [5.74, 6) is 1.93. The quantitative estimate of drug-likeness (QED) is 0.623. The third-order valence-corrected chi connectivity index (χ3v) is 6.89. The maximum atomic E-state index is 12.7. The van der Waals surface area contributed by atoms with Crippen LogP contribution in [0.4, 0.5) is 10.5 Å². The van der Waals surface area contributed by atoms with Crippen molar-refractivity contribution in [2.45, 2.75) is 57.9 Å². The number of aromatic nitrogens is 3. The number of aryl methyl sites for hydroxylation is 1. The molecule has 1 aromatic carbocycles. The van der Waals surface area contributed by atoms with Gasteiger partial charge in [-0.3, -0.25) is 0 Å². The van der Waals surface area contributed by atoms with Gasteiger partial charge in [-0.05, 0) is 49.9 Å². The number of imidazole rings is 1. The topological polar surface area (TPSA) is 63.1 Å². The molecule has 1 saturated heterocycles. The van der Waals surface area contributed by atoms with Gasteiger partial charge in [-0.25, -0.2) is 14.8 Å². The first kappa shape index (κ1) is 20.0. The maximum Gasteiger partial charge on any atom is 0.321 e. The molecule has 31 heavy (non-hydrogen) atoms. The number of nitrogens with one attached hydrogen (secondary N) is 1. The molecule has 1 aliphatic heterocycles. The van der Waals surface area contributed by atoms with Gasteiger partial charge in [-0.2, -0.15) is 0 Å². The van der Waals surface area contributed by atoms with E-state index in [-0.39, 0.29) is 6.03 Å². The SMILES string of the molecule is Cc1ccc(NC(=O)N2CCC(n3c(CC4CCCC4)nc4cccnc43)CC2)cc1. The lowest BCUT2D eigenvalue weighted by molar-refractivity contribution is 0.183. The number of pyridine rings is 1. The van der Waals surface area contributed by atoms with Crippen molar-refractivity contribution in [1.29, 1.82) is 0 Å². The van der Waals surface area contributed by atoms with E-state index < -0.39 is 0 Å². The molecule has 0 radical (unpaired) electrons. The van der Waals surface area contributed by atoms with Crippen molar-refractivity contribution >= 4 is 22.9 Å². The van der Waals surface area contributed by atoms with E-state index >= 15 is 0 Å². The number of anilines is 1. The molecule has 2 aliphatic rings. The second kappa shape index (κ2) is 8.69. The highest BCUT2D eigenvalue weighted by atomic mass is 16.2. The number of hydrogen-bond donors (Lipinski definition) is 1. The number of likely N-dealkylation sites (tertiary alicyclic amines) is 1. The van der Waals surface area contributed by atoms with E-state index in [0.29, 0.717) is 6.04 Å². The fraction of sp³-hybridized carbons (Fsp3) is 0.480. The first-order chi connectivity index (χ1) is 15.2. The Kier molecular flexibility index (Phi) is 5.62. The highest BCUT2D eigenvalue weighted by Gasteiger charge is 2.28. The van der Waals surface area contributed by atoms with Crippen LogP contribution in [0.25, 0.3) is 11.2 Å². The number of benzene rings is 1. The van der Waals surface area contributed by atoms with Crippen molar-refractivity contribution in [3.05, 3.63) is 54.0 Å². The molecule has 0 bridgehead atoms. The minimum absolute atomic E-state index is 0.0119. The third-order valence-electron chi connectivity index (χ3n) is 6.89. The number of urea groups is 1. The summed E-state index contributed by atoms with van der Waals surface area (Å²) in [4.78, 5) is 24.3. The Hall–Kier alpha value is -2.89. The Morgan fingerprint density at radius 2 is 1.81 bits per heavy atom. The van der Waals surface area contributed by atoms with Crippen LogP contribution in [0.2, 0.25) is 0 Å². The van der Waals surface area contributed by atoms with Crippen LogP contribution in [0.1, 0.15) is 56.0 Å². The molecular formula is C25H31N5O. The predicted molar refractivity (Wildman–Crippen MR) is 123 cm³/mol. The molecule has 2 amide bonds. The molecule has 162 valence electrons. The van der Waals surface area contributed by atoms with Crippen molar-refractivity contribution in [1.82, 2.24) is 19.4 Å². The Labute approximate surface area is 183 Å². The number of amides is 2. The fourth-order valence-electron chi connectivity index (χ4n) is 5.14. The van der Waals surface area contributed by atoms with Gasteiger partial charge in [0.05, 0.1) is 0 Å². The first-order valence-corrected chi connectivity index (χ1v) is 11.6. The Bertz CT molecular complexity index is 1040. The van der Waals surface area contributed by atoms with E-state index in [2.05, 4.69) is 20.9 Å². The standard InChI is InChI=1S/C25H31N5O/c1-18-8-10-20(11-9-18)27-25(31)29-15-12-21(13-16-29)30-23(17-19-5-2-3-6-19)28-22-7-4-14-26-24(22)30/h4,7-11,14,19,21H,2-3,5-6,12-13,15-17H2,1H3,(H,27,31). The fourth-order valence-corrected chi connectivity index (χ4v) is 5.14. The summed E-state index contributed by atoms with van der Waals surface area (Å²) in [5.41, 5.74) is 4.03. The highest BCUT2D eigenvalue weighted by molar-refractivity contribution is 5.89. The molecule has 6 heteroatoms. The van der Waals surface area contributed by atoms with E-state index in [1.807, 2.05) is 48.4 Å². The smallest absolute Gasteiger partial charge is 0.321 e. The molecule has 0 atom stereocenters. The van der Waals surface area contributed by atoms with E-state index in [9.17, 15) is 4.79 Å². The van der Waals surface area contributed by atoms with Crippen LogP contribution < -0.4 is 5.32 Å². The minimum Gasteiger partial charge on any atom is -0.324 e. The summed E-state index contributed by atoms with van der Waals surface area (Å²) >= 11 is 0. The number of nitrogens with zero attached hydrogens (tertiary/aromatic N) is 4. The largest absolute Gasteiger partial charge is 0.324 e.